The van der Waals surface area contributed by atoms with Crippen molar-refractivity contribution in [3.63, 3.8) is 0 Å². The van der Waals surface area contributed by atoms with Gasteiger partial charge in [-0.15, -0.1) is 16.8 Å². The summed E-state index contributed by atoms with van der Waals surface area (Å²) in [5, 5.41) is 17.6. The minimum Gasteiger partial charge on any atom is -0.542 e. The summed E-state index contributed by atoms with van der Waals surface area (Å²) in [4.78, 5) is 17.6. The van der Waals surface area contributed by atoms with Crippen LogP contribution in [0.15, 0.2) is 0 Å². The van der Waals surface area contributed by atoms with Gasteiger partial charge >= 0.3 is 33.0 Å². The molecule has 0 aromatic carbocycles. The molecule has 0 amide bonds. The van der Waals surface area contributed by atoms with Crippen LogP contribution in [0.4, 0.5) is 26.3 Å². The highest BCUT2D eigenvalue weighted by Crippen LogP contribution is 2.12. The average Bonchev–Trinajstić information content (AvgIpc) is 2.42. The van der Waals surface area contributed by atoms with E-state index in [1.54, 1.807) is 0 Å². The molecule has 0 atom stereocenters. The molecule has 20 heteroatoms. The molecule has 0 heterocycles. The van der Waals surface area contributed by atoms with Crippen LogP contribution in [0, 0.1) is 0 Å². The molecule has 182 valence electrons. The Morgan fingerprint density at radius 1 is 0.700 bits per heavy atom. The number of halogens is 6. The van der Waals surface area contributed by atoms with Crippen LogP contribution >= 0.6 is 0 Å². The summed E-state index contributed by atoms with van der Waals surface area (Å²) in [6, 6.07) is 0. The van der Waals surface area contributed by atoms with E-state index >= 15 is 0 Å². The summed E-state index contributed by atoms with van der Waals surface area (Å²) < 4.78 is 123. The lowest BCUT2D eigenvalue weighted by molar-refractivity contribution is -0.828. The predicted molar refractivity (Wildman–Crippen MR) is 79.2 cm³/mol. The molecule has 2 N–H and O–H groups in total. The quantitative estimate of drug-likeness (QED) is 0.227. The predicted octanol–water partition coefficient (Wildman–Crippen LogP) is -2.66. The topological polar surface area (TPSA) is 189 Å². The van der Waals surface area contributed by atoms with Crippen LogP contribution in [0.25, 0.3) is 0 Å². The molecule has 0 fully saturated rings. The second kappa shape index (κ2) is 10.5. The highest BCUT2D eigenvalue weighted by atomic mass is 32.2. The van der Waals surface area contributed by atoms with E-state index in [1.807, 2.05) is 0 Å². The number of carboxylic acid groups (broad SMARTS) is 2. The van der Waals surface area contributed by atoms with Crippen molar-refractivity contribution in [2.24, 2.45) is 0 Å². The van der Waals surface area contributed by atoms with Gasteiger partial charge in [0, 0.05) is 0 Å². The van der Waals surface area contributed by atoms with Gasteiger partial charge in [0.15, 0.2) is 0 Å². The number of carboxylic acids is 2. The molecule has 0 radical (unpaired) electrons. The highest BCUT2D eigenvalue weighted by molar-refractivity contribution is 7.80. The molecular formula is C10H18F6N2O10S2. The van der Waals surface area contributed by atoms with E-state index < -0.39 is 52.7 Å². The first-order valence-corrected chi connectivity index (χ1v) is 9.56. The van der Waals surface area contributed by atoms with Crippen LogP contribution in [-0.2, 0) is 30.2 Å². The number of likely N-dealkylation sites (N-methyl/N-ethyl adjacent to an activating group) is 2. The fourth-order valence-corrected chi connectivity index (χ4v) is 1.34. The van der Waals surface area contributed by atoms with Crippen molar-refractivity contribution in [1.29, 1.82) is 0 Å². The van der Waals surface area contributed by atoms with Crippen LogP contribution in [-0.4, -0.2) is 99.3 Å². The summed E-state index contributed by atoms with van der Waals surface area (Å²) in [5.74, 6) is -6.01. The Balaban J connectivity index is -0.000000430. The number of hydrogen-bond acceptors (Lipinski definition) is 8. The van der Waals surface area contributed by atoms with Crippen molar-refractivity contribution in [3.8, 4) is 0 Å². The minimum absolute atomic E-state index is 0.161. The summed E-state index contributed by atoms with van der Waals surface area (Å²) >= 11 is 0. The second-order valence-electron chi connectivity index (χ2n) is 6.06. The molecule has 0 aliphatic rings. The average molecular weight is 504 g/mol. The molecule has 0 saturated carbocycles. The second-order valence-corrected chi connectivity index (χ2v) is 9.83. The number of carbonyl (C=O) groups excluding carboxylic acids is 2. The van der Waals surface area contributed by atoms with Crippen molar-refractivity contribution in [2.75, 3.05) is 41.3 Å². The van der Waals surface area contributed by atoms with Gasteiger partial charge in [0.2, 0.25) is 0 Å². The number of carbonyl (C=O) groups is 2. The maximum Gasteiger partial charge on any atom is 0.432 e. The monoisotopic (exact) mass is 504 g/mol. The summed E-state index contributed by atoms with van der Waals surface area (Å²) in [7, 11) is -3.75. The van der Waals surface area contributed by atoms with Crippen molar-refractivity contribution in [3.05, 3.63) is 0 Å². The molecule has 0 aromatic rings. The first-order chi connectivity index (χ1) is 12.6. The molecule has 0 aliphatic heterocycles. The van der Waals surface area contributed by atoms with Gasteiger partial charge in [-0.25, -0.2) is 9.11 Å². The summed E-state index contributed by atoms with van der Waals surface area (Å²) in [6.45, 7) is -0.322. The van der Waals surface area contributed by atoms with Gasteiger partial charge in [0.25, 0.3) is 0 Å². The van der Waals surface area contributed by atoms with Crippen LogP contribution in [0.2, 0.25) is 0 Å². The zero-order valence-corrected chi connectivity index (χ0v) is 17.2. The largest absolute Gasteiger partial charge is 0.542 e. The Labute approximate surface area is 166 Å². The number of aliphatic carboxylic acids is 2. The highest BCUT2D eigenvalue weighted by Gasteiger charge is 2.38. The Hall–Kier alpha value is -1.74. The zero-order valence-electron chi connectivity index (χ0n) is 15.6. The standard InChI is InChI=1S/C6H16N2O6S2.2C2HF3O2/c1-7(2,15(9,10)11)5-6-8(3,4)16(12,13)14;2*3-2(4,5)1(6)7/h5-6H2,1-4H3;2*(H,6,7). The van der Waals surface area contributed by atoms with E-state index in [2.05, 4.69) is 0 Å². The van der Waals surface area contributed by atoms with Crippen LogP contribution in [0.1, 0.15) is 0 Å². The number of alkyl halides is 6. The maximum atomic E-state index is 10.9. The van der Waals surface area contributed by atoms with Gasteiger partial charge in [0.1, 0.15) is 25.0 Å². The molecule has 0 aliphatic carbocycles. The van der Waals surface area contributed by atoms with E-state index in [4.69, 9.17) is 28.9 Å². The first kappa shape index (κ1) is 32.9. The van der Waals surface area contributed by atoms with E-state index in [-0.39, 0.29) is 13.1 Å². The summed E-state index contributed by atoms with van der Waals surface area (Å²) in [5.41, 5.74) is 0. The molecule has 0 spiro atoms. The van der Waals surface area contributed by atoms with Crippen LogP contribution in [0.3, 0.4) is 0 Å². The molecule has 30 heavy (non-hydrogen) atoms. The molecule has 0 saturated heterocycles. The van der Waals surface area contributed by atoms with E-state index in [1.165, 1.54) is 28.2 Å². The van der Waals surface area contributed by atoms with Gasteiger partial charge in [-0.2, -0.15) is 34.1 Å². The fourth-order valence-electron chi connectivity index (χ4n) is 0.712. The zero-order chi connectivity index (χ0) is 25.6. The number of nitrogens with zero attached hydrogens (tertiary/aromatic N) is 2. The number of quaternary nitrogens is 2. The number of hydrogen-bond donors (Lipinski definition) is 2. The molecular weight excluding hydrogens is 486 g/mol. The van der Waals surface area contributed by atoms with Crippen LogP contribution < -0.4 is 10.2 Å². The third-order valence-electron chi connectivity index (χ3n) is 2.89. The van der Waals surface area contributed by atoms with Crippen molar-refractivity contribution >= 4 is 32.5 Å². The van der Waals surface area contributed by atoms with E-state index in [0.717, 1.165) is 0 Å². The Morgan fingerprint density at radius 2 is 0.833 bits per heavy atom. The fraction of sp³-hybridized carbons (Fsp3) is 0.800. The first-order valence-electron chi connectivity index (χ1n) is 6.77. The van der Waals surface area contributed by atoms with E-state index in [9.17, 15) is 43.2 Å². The van der Waals surface area contributed by atoms with Gasteiger partial charge in [0.05, 0.1) is 28.2 Å². The lowest BCUT2D eigenvalue weighted by atomic mass is 10.5. The third kappa shape index (κ3) is 13.5. The third-order valence-corrected chi connectivity index (χ3v) is 5.75. The maximum absolute atomic E-state index is 10.9. The van der Waals surface area contributed by atoms with Gasteiger partial charge < -0.3 is 19.8 Å². The van der Waals surface area contributed by atoms with Gasteiger partial charge in [-0.05, 0) is 0 Å². The van der Waals surface area contributed by atoms with Crippen LogP contribution in [0.5, 0.6) is 0 Å². The van der Waals surface area contributed by atoms with E-state index in [0.29, 0.717) is 0 Å². The molecule has 0 aromatic heterocycles. The lowest BCUT2D eigenvalue weighted by Gasteiger charge is -2.29. The number of rotatable bonds is 5. The minimum atomic E-state index is -5.19. The Morgan fingerprint density at radius 3 is 0.900 bits per heavy atom. The van der Waals surface area contributed by atoms with Crippen molar-refractivity contribution in [2.45, 2.75) is 12.4 Å². The SMILES string of the molecule is C[N+](C)(CC[N+](C)(C)S(=O)(=O)O)S(=O)(=O)O.O=C([O-])C(F)(F)F.O=C([O-])C(F)(F)F. The summed E-state index contributed by atoms with van der Waals surface area (Å²) in [6.07, 6.45) is -10.4. The lowest BCUT2D eigenvalue weighted by Crippen LogP contribution is -2.54. The molecule has 0 bridgehead atoms. The Bertz CT molecular complexity index is 734. The van der Waals surface area contributed by atoms with Gasteiger partial charge in [-0.1, -0.05) is 0 Å². The smallest absolute Gasteiger partial charge is 0.432 e. The molecule has 12 nitrogen and oxygen atoms in total. The molecule has 0 rings (SSSR count). The molecule has 0 unspecified atom stereocenters. The van der Waals surface area contributed by atoms with Gasteiger partial charge in [-0.3, -0.25) is 0 Å². The Kier molecular flexibility index (Phi) is 11.5. The van der Waals surface area contributed by atoms with Crippen molar-refractivity contribution < 1.29 is 79.9 Å². The van der Waals surface area contributed by atoms with Crippen molar-refractivity contribution in [1.82, 2.24) is 0 Å². The normalized spacial score (nSPS) is 13.3.